The molecule has 0 aliphatic carbocycles. The first-order valence-electron chi connectivity index (χ1n) is 20.9. The van der Waals surface area contributed by atoms with E-state index in [1.165, 1.54) is 161 Å². The average molecular weight is 696 g/mol. The summed E-state index contributed by atoms with van der Waals surface area (Å²) in [4.78, 5) is 24.0. The van der Waals surface area contributed by atoms with Crippen molar-refractivity contribution in [2.75, 3.05) is 18.1 Å². The number of rotatable bonds is 39. The van der Waals surface area contributed by atoms with Crippen LogP contribution in [0.15, 0.2) is 5.10 Å². The van der Waals surface area contributed by atoms with Crippen LogP contribution in [0.25, 0.3) is 0 Å². The molecule has 0 spiro atoms. The van der Waals surface area contributed by atoms with Gasteiger partial charge in [-0.3, -0.25) is 9.59 Å². The minimum absolute atomic E-state index is 0.0467. The molecule has 48 heavy (non-hydrogen) atoms. The van der Waals surface area contributed by atoms with Crippen LogP contribution < -0.4 is 11.2 Å². The van der Waals surface area contributed by atoms with Crippen LogP contribution in [0.1, 0.15) is 226 Å². The van der Waals surface area contributed by atoms with Crippen molar-refractivity contribution in [3.8, 4) is 0 Å². The SMILES string of the molecule is CCCCCCCCCCCCCCCCCC(=O)NN=C(N)CCCSCCC(=O)OCCCCCCCCCCCCCCCC. The molecular weight excluding hydrogens is 615 g/mol. The fraction of sp³-hybridized carbons (Fsp3) is 0.927. The van der Waals surface area contributed by atoms with Gasteiger partial charge in [-0.1, -0.05) is 187 Å². The normalized spacial score (nSPS) is 11.7. The van der Waals surface area contributed by atoms with Crippen LogP contribution >= 0.6 is 11.8 Å². The maximum absolute atomic E-state index is 12.1. The van der Waals surface area contributed by atoms with Gasteiger partial charge in [0, 0.05) is 18.6 Å². The number of amides is 1. The van der Waals surface area contributed by atoms with Crippen molar-refractivity contribution in [1.29, 1.82) is 0 Å². The Morgan fingerprint density at radius 1 is 0.500 bits per heavy atom. The van der Waals surface area contributed by atoms with Crippen molar-refractivity contribution >= 4 is 29.5 Å². The Bertz CT molecular complexity index is 719. The Balaban J connectivity index is 3.40. The second kappa shape index (κ2) is 40.2. The highest BCUT2D eigenvalue weighted by atomic mass is 32.2. The summed E-state index contributed by atoms with van der Waals surface area (Å²) in [6.45, 7) is 5.11. The number of hydrogen-bond acceptors (Lipinski definition) is 5. The van der Waals surface area contributed by atoms with E-state index >= 15 is 0 Å². The zero-order chi connectivity index (χ0) is 35.0. The first kappa shape index (κ1) is 46.8. The van der Waals surface area contributed by atoms with Crippen molar-refractivity contribution in [2.45, 2.75) is 226 Å². The van der Waals surface area contributed by atoms with Gasteiger partial charge in [0.15, 0.2) is 0 Å². The van der Waals surface area contributed by atoms with Gasteiger partial charge in [0.2, 0.25) is 5.91 Å². The van der Waals surface area contributed by atoms with Crippen molar-refractivity contribution in [3.05, 3.63) is 0 Å². The smallest absolute Gasteiger partial charge is 0.306 e. The predicted molar refractivity (Wildman–Crippen MR) is 212 cm³/mol. The van der Waals surface area contributed by atoms with Gasteiger partial charge >= 0.3 is 5.97 Å². The number of amidine groups is 1. The number of carbonyl (C=O) groups excluding carboxylic acids is 2. The van der Waals surface area contributed by atoms with E-state index in [4.69, 9.17) is 10.5 Å². The number of hydrazone groups is 1. The van der Waals surface area contributed by atoms with E-state index in [0.29, 0.717) is 31.7 Å². The molecule has 0 aliphatic heterocycles. The second-order valence-electron chi connectivity index (χ2n) is 14.1. The predicted octanol–water partition coefficient (Wildman–Crippen LogP) is 12.6. The summed E-state index contributed by atoms with van der Waals surface area (Å²) < 4.78 is 5.40. The molecule has 1 amide bonds. The molecule has 0 aromatic heterocycles. The lowest BCUT2D eigenvalue weighted by Gasteiger charge is -2.06. The molecule has 0 aromatic carbocycles. The van der Waals surface area contributed by atoms with Crippen molar-refractivity contribution < 1.29 is 14.3 Å². The molecule has 0 rings (SSSR count). The summed E-state index contributed by atoms with van der Waals surface area (Å²) in [5.41, 5.74) is 8.58. The van der Waals surface area contributed by atoms with E-state index in [1.807, 2.05) is 0 Å². The summed E-state index contributed by atoms with van der Waals surface area (Å²) in [7, 11) is 0. The van der Waals surface area contributed by atoms with Gasteiger partial charge in [-0.2, -0.15) is 16.9 Å². The molecule has 0 bridgehead atoms. The first-order chi connectivity index (χ1) is 23.6. The van der Waals surface area contributed by atoms with E-state index in [9.17, 15) is 9.59 Å². The van der Waals surface area contributed by atoms with Crippen LogP contribution in [0.3, 0.4) is 0 Å². The van der Waals surface area contributed by atoms with Crippen LogP contribution in [0.2, 0.25) is 0 Å². The minimum atomic E-state index is -0.0879. The van der Waals surface area contributed by atoms with E-state index < -0.39 is 0 Å². The van der Waals surface area contributed by atoms with Crippen molar-refractivity contribution in [1.82, 2.24) is 5.43 Å². The lowest BCUT2D eigenvalue weighted by Crippen LogP contribution is -2.23. The quantitative estimate of drug-likeness (QED) is 0.0219. The first-order valence-corrected chi connectivity index (χ1v) is 22.1. The van der Waals surface area contributed by atoms with Gasteiger partial charge in [-0.25, -0.2) is 5.43 Å². The summed E-state index contributed by atoms with van der Waals surface area (Å²) in [6.07, 6.45) is 40.9. The number of unbranched alkanes of at least 4 members (excludes halogenated alkanes) is 27. The molecule has 0 saturated heterocycles. The molecule has 0 atom stereocenters. The zero-order valence-electron chi connectivity index (χ0n) is 32.1. The van der Waals surface area contributed by atoms with Crippen molar-refractivity contribution in [2.24, 2.45) is 10.8 Å². The monoisotopic (exact) mass is 696 g/mol. The number of nitrogens with one attached hydrogen (secondary N) is 1. The summed E-state index contributed by atoms with van der Waals surface area (Å²) in [5.74, 6) is 2.01. The van der Waals surface area contributed by atoms with Gasteiger partial charge in [-0.05, 0) is 25.0 Å². The molecule has 0 saturated carbocycles. The van der Waals surface area contributed by atoms with Gasteiger partial charge in [0.25, 0.3) is 0 Å². The number of nitrogens with zero attached hydrogens (tertiary/aromatic N) is 1. The van der Waals surface area contributed by atoms with Gasteiger partial charge in [-0.15, -0.1) is 0 Å². The summed E-state index contributed by atoms with van der Waals surface area (Å²) >= 11 is 1.74. The number of ether oxygens (including phenoxy) is 1. The lowest BCUT2D eigenvalue weighted by atomic mass is 10.0. The standard InChI is InChI=1S/C41H81N3O3S/c1-3-5-7-9-11-13-15-17-19-20-22-24-26-28-30-34-40(45)44-43-39(42)33-32-37-48-38-35-41(46)47-36-31-29-27-25-23-21-18-16-14-12-10-8-6-4-2/h3-38H2,1-2H3,(H2,42,43)(H,44,45). The average Bonchev–Trinajstić information content (AvgIpc) is 3.08. The summed E-state index contributed by atoms with van der Waals surface area (Å²) in [6, 6.07) is 0. The Morgan fingerprint density at radius 2 is 0.896 bits per heavy atom. The maximum atomic E-state index is 12.1. The molecule has 0 heterocycles. The Hall–Kier alpha value is -1.24. The van der Waals surface area contributed by atoms with Crippen LogP contribution in [0, 0.1) is 0 Å². The molecule has 0 fully saturated rings. The second-order valence-corrected chi connectivity index (χ2v) is 15.3. The topological polar surface area (TPSA) is 93.8 Å². The molecule has 3 N–H and O–H groups in total. The number of thioether (sulfide) groups is 1. The fourth-order valence-corrected chi connectivity index (χ4v) is 6.93. The van der Waals surface area contributed by atoms with E-state index in [-0.39, 0.29) is 11.9 Å². The molecule has 7 heteroatoms. The molecule has 284 valence electrons. The van der Waals surface area contributed by atoms with E-state index in [0.717, 1.165) is 43.6 Å². The molecule has 0 aliphatic rings. The highest BCUT2D eigenvalue weighted by molar-refractivity contribution is 7.99. The van der Waals surface area contributed by atoms with E-state index in [2.05, 4.69) is 24.4 Å². The van der Waals surface area contributed by atoms with Gasteiger partial charge in [0.1, 0.15) is 5.84 Å². The maximum Gasteiger partial charge on any atom is 0.306 e. The Labute approximate surface area is 303 Å². The number of carbonyl (C=O) groups is 2. The minimum Gasteiger partial charge on any atom is -0.466 e. The highest BCUT2D eigenvalue weighted by Crippen LogP contribution is 2.15. The van der Waals surface area contributed by atoms with E-state index in [1.54, 1.807) is 11.8 Å². The Morgan fingerprint density at radius 3 is 1.33 bits per heavy atom. The van der Waals surface area contributed by atoms with Crippen molar-refractivity contribution in [3.63, 3.8) is 0 Å². The molecular formula is C41H81N3O3S. The van der Waals surface area contributed by atoms with Crippen LogP contribution in [0.4, 0.5) is 0 Å². The number of nitrogens with two attached hydrogens (primary N) is 1. The fourth-order valence-electron chi connectivity index (χ4n) is 6.07. The molecule has 0 unspecified atom stereocenters. The molecule has 0 aromatic rings. The van der Waals surface area contributed by atoms with Crippen LogP contribution in [-0.2, 0) is 14.3 Å². The zero-order valence-corrected chi connectivity index (χ0v) is 32.9. The molecule has 0 radical (unpaired) electrons. The number of esters is 1. The number of hydrogen-bond donors (Lipinski definition) is 2. The summed E-state index contributed by atoms with van der Waals surface area (Å²) in [5, 5.41) is 4.06. The highest BCUT2D eigenvalue weighted by Gasteiger charge is 2.04. The third-order valence-electron chi connectivity index (χ3n) is 9.26. The van der Waals surface area contributed by atoms with Gasteiger partial charge < -0.3 is 10.5 Å². The third kappa shape index (κ3) is 39.2. The third-order valence-corrected chi connectivity index (χ3v) is 10.3. The lowest BCUT2D eigenvalue weighted by molar-refractivity contribution is -0.143. The molecule has 6 nitrogen and oxygen atoms in total. The van der Waals surface area contributed by atoms with Crippen LogP contribution in [0.5, 0.6) is 0 Å². The van der Waals surface area contributed by atoms with Gasteiger partial charge in [0.05, 0.1) is 13.0 Å². The van der Waals surface area contributed by atoms with Crippen LogP contribution in [-0.4, -0.2) is 35.8 Å². The Kier molecular flexibility index (Phi) is 39.2. The largest absolute Gasteiger partial charge is 0.466 e.